The van der Waals surface area contributed by atoms with Crippen molar-refractivity contribution >= 4 is 33.4 Å². The summed E-state index contributed by atoms with van der Waals surface area (Å²) in [5.41, 5.74) is 0.212. The molecule has 1 saturated heterocycles. The van der Waals surface area contributed by atoms with E-state index in [1.54, 1.807) is 0 Å². The number of hydrogen-bond donors (Lipinski definition) is 1. The first-order valence-electron chi connectivity index (χ1n) is 9.93. The van der Waals surface area contributed by atoms with Crippen molar-refractivity contribution in [3.05, 3.63) is 48.0 Å². The Morgan fingerprint density at radius 1 is 1.16 bits per heavy atom. The lowest BCUT2D eigenvalue weighted by atomic mass is 10.3. The topological polar surface area (TPSA) is 84.9 Å². The van der Waals surface area contributed by atoms with Crippen molar-refractivity contribution < 1.29 is 31.5 Å². The third kappa shape index (κ3) is 6.18. The lowest BCUT2D eigenvalue weighted by Gasteiger charge is -2.26. The Morgan fingerprint density at radius 3 is 2.53 bits per heavy atom. The predicted octanol–water partition coefficient (Wildman–Crippen LogP) is 3.50. The molecule has 7 nitrogen and oxygen atoms in total. The number of benzene rings is 2. The van der Waals surface area contributed by atoms with Crippen LogP contribution in [0.1, 0.15) is 13.8 Å². The van der Waals surface area contributed by atoms with E-state index in [2.05, 4.69) is 5.32 Å². The lowest BCUT2D eigenvalue weighted by molar-refractivity contribution is -0.113. The van der Waals surface area contributed by atoms with Gasteiger partial charge in [-0.3, -0.25) is 4.79 Å². The van der Waals surface area contributed by atoms with Gasteiger partial charge in [0.15, 0.2) is 11.6 Å². The van der Waals surface area contributed by atoms with E-state index < -0.39 is 27.6 Å². The molecule has 1 heterocycles. The molecule has 3 rings (SSSR count). The molecule has 0 atom stereocenters. The van der Waals surface area contributed by atoms with Crippen molar-refractivity contribution in [1.82, 2.24) is 4.31 Å². The van der Waals surface area contributed by atoms with Crippen molar-refractivity contribution in [2.24, 2.45) is 0 Å². The SMILES string of the molecule is CC(C)Oc1ccc(S(=O)(=O)N2CCOCC2)cc1NC(=O)CSc1ccc(F)c(F)c1. The molecule has 2 aromatic carbocycles. The summed E-state index contributed by atoms with van der Waals surface area (Å²) in [4.78, 5) is 12.9. The average Bonchev–Trinajstić information content (AvgIpc) is 2.76. The van der Waals surface area contributed by atoms with Gasteiger partial charge < -0.3 is 14.8 Å². The Bertz CT molecular complexity index is 1070. The minimum atomic E-state index is -3.77. The van der Waals surface area contributed by atoms with Crippen LogP contribution in [0.3, 0.4) is 0 Å². The molecule has 174 valence electrons. The predicted molar refractivity (Wildman–Crippen MR) is 117 cm³/mol. The van der Waals surface area contributed by atoms with Gasteiger partial charge in [0, 0.05) is 18.0 Å². The Balaban J connectivity index is 1.78. The molecule has 1 aliphatic rings. The van der Waals surface area contributed by atoms with Crippen LogP contribution < -0.4 is 10.1 Å². The van der Waals surface area contributed by atoms with Gasteiger partial charge in [0.05, 0.1) is 35.7 Å². The minimum Gasteiger partial charge on any atom is -0.489 e. The third-order valence-corrected chi connectivity index (χ3v) is 7.35. The molecule has 11 heteroatoms. The second kappa shape index (κ2) is 10.6. The van der Waals surface area contributed by atoms with Crippen molar-refractivity contribution in [3.63, 3.8) is 0 Å². The van der Waals surface area contributed by atoms with Gasteiger partial charge >= 0.3 is 0 Å². The summed E-state index contributed by atoms with van der Waals surface area (Å²) < 4.78 is 64.6. The summed E-state index contributed by atoms with van der Waals surface area (Å²) in [6.45, 7) is 4.75. The summed E-state index contributed by atoms with van der Waals surface area (Å²) in [6.07, 6.45) is -0.205. The number of amides is 1. The number of carbonyl (C=O) groups is 1. The third-order valence-electron chi connectivity index (χ3n) is 4.46. The lowest BCUT2D eigenvalue weighted by Crippen LogP contribution is -2.40. The number of sulfonamides is 1. The Hall–Kier alpha value is -2.21. The van der Waals surface area contributed by atoms with E-state index in [-0.39, 0.29) is 35.5 Å². The molecule has 0 unspecified atom stereocenters. The first-order chi connectivity index (χ1) is 15.2. The van der Waals surface area contributed by atoms with Gasteiger partial charge in [-0.2, -0.15) is 4.31 Å². The van der Waals surface area contributed by atoms with Gasteiger partial charge in [-0.15, -0.1) is 11.8 Å². The molecular formula is C21H24F2N2O5S2. The van der Waals surface area contributed by atoms with Gasteiger partial charge in [0.25, 0.3) is 0 Å². The maximum absolute atomic E-state index is 13.4. The number of halogens is 2. The quantitative estimate of drug-likeness (QED) is 0.575. The van der Waals surface area contributed by atoms with E-state index in [0.717, 1.165) is 23.9 Å². The number of ether oxygens (including phenoxy) is 2. The van der Waals surface area contributed by atoms with E-state index in [0.29, 0.717) is 23.9 Å². The molecular weight excluding hydrogens is 462 g/mol. The monoisotopic (exact) mass is 486 g/mol. The maximum Gasteiger partial charge on any atom is 0.243 e. The maximum atomic E-state index is 13.4. The molecule has 0 aromatic heterocycles. The number of carbonyl (C=O) groups excluding carboxylic acids is 1. The molecule has 32 heavy (non-hydrogen) atoms. The van der Waals surface area contributed by atoms with E-state index in [9.17, 15) is 22.0 Å². The highest BCUT2D eigenvalue weighted by molar-refractivity contribution is 8.00. The first-order valence-corrected chi connectivity index (χ1v) is 12.4. The zero-order valence-corrected chi connectivity index (χ0v) is 19.3. The Kier molecular flexibility index (Phi) is 8.10. The number of hydrogen-bond acceptors (Lipinski definition) is 6. The van der Waals surface area contributed by atoms with Crippen molar-refractivity contribution in [2.75, 3.05) is 37.4 Å². The fraction of sp³-hybridized carbons (Fsp3) is 0.381. The second-order valence-electron chi connectivity index (χ2n) is 7.25. The summed E-state index contributed by atoms with van der Waals surface area (Å²) in [7, 11) is -3.77. The number of nitrogens with one attached hydrogen (secondary N) is 1. The van der Waals surface area contributed by atoms with Gasteiger partial charge in [0.2, 0.25) is 15.9 Å². The smallest absolute Gasteiger partial charge is 0.243 e. The van der Waals surface area contributed by atoms with Crippen LogP contribution >= 0.6 is 11.8 Å². The molecule has 1 aliphatic heterocycles. The zero-order valence-electron chi connectivity index (χ0n) is 17.6. The normalized spacial score (nSPS) is 15.0. The van der Waals surface area contributed by atoms with Gasteiger partial charge in [-0.05, 0) is 50.2 Å². The molecule has 1 amide bonds. The number of nitrogens with zero attached hydrogens (tertiary/aromatic N) is 1. The number of anilines is 1. The Labute approximate surface area is 190 Å². The molecule has 0 radical (unpaired) electrons. The van der Waals surface area contributed by atoms with Crippen LogP contribution in [0.15, 0.2) is 46.2 Å². The van der Waals surface area contributed by atoms with E-state index in [1.165, 1.54) is 28.6 Å². The van der Waals surface area contributed by atoms with Crippen LogP contribution in [0.2, 0.25) is 0 Å². The highest BCUT2D eigenvalue weighted by Gasteiger charge is 2.27. The molecule has 1 fully saturated rings. The van der Waals surface area contributed by atoms with Crippen LogP contribution in [-0.4, -0.2) is 56.8 Å². The van der Waals surface area contributed by atoms with Crippen LogP contribution in [-0.2, 0) is 19.6 Å². The van der Waals surface area contributed by atoms with E-state index in [1.807, 2.05) is 13.8 Å². The molecule has 0 bridgehead atoms. The zero-order chi connectivity index (χ0) is 23.3. The highest BCUT2D eigenvalue weighted by atomic mass is 32.2. The van der Waals surface area contributed by atoms with Gasteiger partial charge in [-0.1, -0.05) is 0 Å². The highest BCUT2D eigenvalue weighted by Crippen LogP contribution is 2.31. The summed E-state index contributed by atoms with van der Waals surface area (Å²) in [6, 6.07) is 7.68. The molecule has 0 aliphatic carbocycles. The van der Waals surface area contributed by atoms with Crippen LogP contribution in [0.4, 0.5) is 14.5 Å². The largest absolute Gasteiger partial charge is 0.489 e. The van der Waals surface area contributed by atoms with Crippen LogP contribution in [0.25, 0.3) is 0 Å². The van der Waals surface area contributed by atoms with Gasteiger partial charge in [0.1, 0.15) is 5.75 Å². The van der Waals surface area contributed by atoms with Crippen LogP contribution in [0.5, 0.6) is 5.75 Å². The van der Waals surface area contributed by atoms with Crippen molar-refractivity contribution in [1.29, 1.82) is 0 Å². The average molecular weight is 487 g/mol. The van der Waals surface area contributed by atoms with E-state index in [4.69, 9.17) is 9.47 Å². The van der Waals surface area contributed by atoms with Crippen molar-refractivity contribution in [2.45, 2.75) is 29.7 Å². The van der Waals surface area contributed by atoms with Crippen molar-refractivity contribution in [3.8, 4) is 5.75 Å². The molecule has 2 aromatic rings. The molecule has 0 saturated carbocycles. The first kappa shape index (κ1) is 24.4. The number of morpholine rings is 1. The molecule has 0 spiro atoms. The summed E-state index contributed by atoms with van der Waals surface area (Å²) in [5, 5.41) is 2.67. The fourth-order valence-corrected chi connectivity index (χ4v) is 5.12. The Morgan fingerprint density at radius 2 is 1.88 bits per heavy atom. The summed E-state index contributed by atoms with van der Waals surface area (Å²) in [5.74, 6) is -2.18. The second-order valence-corrected chi connectivity index (χ2v) is 10.2. The van der Waals surface area contributed by atoms with Gasteiger partial charge in [-0.25, -0.2) is 17.2 Å². The fourth-order valence-electron chi connectivity index (χ4n) is 2.96. The van der Waals surface area contributed by atoms with Crippen LogP contribution in [0, 0.1) is 11.6 Å². The summed E-state index contributed by atoms with van der Waals surface area (Å²) >= 11 is 1.02. The molecule has 1 N–H and O–H groups in total. The van der Waals surface area contributed by atoms with E-state index >= 15 is 0 Å². The number of thioether (sulfide) groups is 1. The number of rotatable bonds is 8. The standard InChI is InChI=1S/C21H24F2N2O5S2/c1-14(2)30-20-6-4-16(32(27,28)25-7-9-29-10-8-25)12-19(20)24-21(26)13-31-15-3-5-17(22)18(23)11-15/h3-6,11-12,14H,7-10,13H2,1-2H3,(H,24,26). The minimum absolute atomic E-state index is 0.0269.